The Morgan fingerprint density at radius 2 is 1.59 bits per heavy atom. The van der Waals surface area contributed by atoms with Crippen molar-refractivity contribution in [3.05, 3.63) is 71.3 Å². The first-order valence-corrected chi connectivity index (χ1v) is 13.2. The normalized spacial score (nSPS) is 12.8. The molecule has 0 aliphatic carbocycles. The molecule has 8 heteroatoms. The van der Waals surface area contributed by atoms with Crippen molar-refractivity contribution in [2.24, 2.45) is 5.92 Å². The van der Waals surface area contributed by atoms with Crippen molar-refractivity contribution in [1.29, 1.82) is 0 Å². The number of aryl methyl sites for hydroxylation is 3. The third-order valence-corrected chi connectivity index (χ3v) is 6.16. The summed E-state index contributed by atoms with van der Waals surface area (Å²) in [6, 6.07) is 8.58. The van der Waals surface area contributed by atoms with Crippen molar-refractivity contribution in [3.63, 3.8) is 0 Å². The quantitative estimate of drug-likeness (QED) is 0.325. The topological polar surface area (TPSA) is 108 Å². The molecule has 0 aromatic heterocycles. The van der Waals surface area contributed by atoms with Gasteiger partial charge in [0.25, 0.3) is 5.91 Å². The van der Waals surface area contributed by atoms with Gasteiger partial charge in [0.1, 0.15) is 23.4 Å². The molecule has 2 aromatic rings. The van der Waals surface area contributed by atoms with E-state index in [4.69, 9.17) is 4.74 Å². The highest BCUT2D eigenvalue weighted by molar-refractivity contribution is 6.00. The summed E-state index contributed by atoms with van der Waals surface area (Å²) in [5.41, 5.74) is 2.44. The van der Waals surface area contributed by atoms with Gasteiger partial charge in [-0.2, -0.15) is 0 Å². The number of phenols is 1. The van der Waals surface area contributed by atoms with Gasteiger partial charge in [-0.05, 0) is 70.6 Å². The van der Waals surface area contributed by atoms with Crippen LogP contribution in [0.25, 0.3) is 0 Å². The lowest BCUT2D eigenvalue weighted by Crippen LogP contribution is -2.52. The molecular formula is C31H43N3O5. The number of para-hydroxylation sites is 2. The minimum atomic E-state index is -1.20. The predicted octanol–water partition coefficient (Wildman–Crippen LogP) is 5.95. The number of benzene rings is 2. The van der Waals surface area contributed by atoms with Crippen LogP contribution in [0.1, 0.15) is 69.3 Å². The van der Waals surface area contributed by atoms with E-state index in [0.717, 1.165) is 11.1 Å². The fourth-order valence-electron chi connectivity index (χ4n) is 4.36. The number of nitrogens with one attached hydrogen (secondary N) is 2. The van der Waals surface area contributed by atoms with Crippen LogP contribution in [-0.2, 0) is 14.3 Å². The van der Waals surface area contributed by atoms with E-state index in [1.165, 1.54) is 11.0 Å². The van der Waals surface area contributed by atoms with Crippen molar-refractivity contribution in [3.8, 4) is 5.75 Å². The zero-order valence-electron chi connectivity index (χ0n) is 24.4. The number of phenolic OH excluding ortho intramolecular Hbond substituents is 1. The van der Waals surface area contributed by atoms with Crippen molar-refractivity contribution >= 4 is 23.6 Å². The molecule has 2 unspecified atom stereocenters. The number of carbonyl (C=O) groups is 3. The van der Waals surface area contributed by atoms with Gasteiger partial charge >= 0.3 is 6.09 Å². The van der Waals surface area contributed by atoms with E-state index in [1.54, 1.807) is 45.9 Å². The second-order valence-electron chi connectivity index (χ2n) is 11.3. The number of rotatable bonds is 10. The Kier molecular flexibility index (Phi) is 10.7. The van der Waals surface area contributed by atoms with Gasteiger partial charge in [-0.25, -0.2) is 4.79 Å². The third kappa shape index (κ3) is 8.60. The minimum absolute atomic E-state index is 0.00164. The summed E-state index contributed by atoms with van der Waals surface area (Å²) in [4.78, 5) is 42.1. The average molecular weight is 538 g/mol. The molecule has 2 aromatic carbocycles. The molecule has 0 saturated carbocycles. The summed E-state index contributed by atoms with van der Waals surface area (Å²) >= 11 is 0. The fraction of sp³-hybridized carbons (Fsp3) is 0.452. The Morgan fingerprint density at radius 1 is 1.03 bits per heavy atom. The van der Waals surface area contributed by atoms with E-state index >= 15 is 0 Å². The molecule has 0 fully saturated rings. The van der Waals surface area contributed by atoms with E-state index in [0.29, 0.717) is 17.7 Å². The summed E-state index contributed by atoms with van der Waals surface area (Å²) in [5, 5.41) is 16.7. The van der Waals surface area contributed by atoms with Crippen LogP contribution in [0.2, 0.25) is 0 Å². The molecule has 0 saturated heterocycles. The molecule has 0 aliphatic heterocycles. The Balaban J connectivity index is 2.61. The van der Waals surface area contributed by atoms with Gasteiger partial charge in [0.2, 0.25) is 5.91 Å². The van der Waals surface area contributed by atoms with E-state index in [2.05, 4.69) is 17.2 Å². The molecule has 3 amide bonds. The highest BCUT2D eigenvalue weighted by Crippen LogP contribution is 2.34. The number of ether oxygens (including phenoxy) is 1. The van der Waals surface area contributed by atoms with Crippen LogP contribution < -0.4 is 10.6 Å². The number of aromatic hydroxyl groups is 1. The van der Waals surface area contributed by atoms with Crippen LogP contribution >= 0.6 is 0 Å². The maximum atomic E-state index is 14.1. The molecule has 0 radical (unpaired) electrons. The molecule has 0 heterocycles. The van der Waals surface area contributed by atoms with Crippen molar-refractivity contribution < 1.29 is 24.2 Å². The Hall–Kier alpha value is -3.81. The molecule has 39 heavy (non-hydrogen) atoms. The summed E-state index contributed by atoms with van der Waals surface area (Å²) < 4.78 is 5.41. The average Bonchev–Trinajstić information content (AvgIpc) is 2.81. The van der Waals surface area contributed by atoms with E-state index in [9.17, 15) is 19.5 Å². The second kappa shape index (κ2) is 13.3. The second-order valence-corrected chi connectivity index (χ2v) is 11.3. The standard InChI is InChI=1S/C31H43N3O5/c1-10-17-34(29(37)24(18-19(2)3)32-30(38)39-31(7,8)9)26(23-16-12-15-22(6)27(23)35)28(36)33-25-20(4)13-11-14-21(25)5/h10-16,19,24,26,35H,1,17-18H2,2-9H3,(H,32,38)(H,33,36). The monoisotopic (exact) mass is 537 g/mol. The lowest BCUT2D eigenvalue weighted by atomic mass is 9.97. The van der Waals surface area contributed by atoms with Gasteiger partial charge < -0.3 is 25.4 Å². The zero-order valence-corrected chi connectivity index (χ0v) is 24.4. The van der Waals surface area contributed by atoms with Crippen LogP contribution in [0, 0.1) is 26.7 Å². The number of hydrogen-bond donors (Lipinski definition) is 3. The molecule has 0 aliphatic rings. The molecule has 212 valence electrons. The molecular weight excluding hydrogens is 494 g/mol. The van der Waals surface area contributed by atoms with Crippen LogP contribution in [0.4, 0.5) is 10.5 Å². The van der Waals surface area contributed by atoms with E-state index in [1.807, 2.05) is 45.9 Å². The lowest BCUT2D eigenvalue weighted by Gasteiger charge is -2.34. The minimum Gasteiger partial charge on any atom is -0.507 e. The van der Waals surface area contributed by atoms with Crippen LogP contribution in [0.15, 0.2) is 49.1 Å². The van der Waals surface area contributed by atoms with Crippen LogP contribution in [0.3, 0.4) is 0 Å². The van der Waals surface area contributed by atoms with Gasteiger partial charge in [-0.1, -0.05) is 56.3 Å². The van der Waals surface area contributed by atoms with Gasteiger partial charge in [-0.15, -0.1) is 6.58 Å². The van der Waals surface area contributed by atoms with Crippen LogP contribution in [0.5, 0.6) is 5.75 Å². The molecule has 2 atom stereocenters. The lowest BCUT2D eigenvalue weighted by molar-refractivity contribution is -0.140. The summed E-state index contributed by atoms with van der Waals surface area (Å²) in [5.74, 6) is -1.02. The zero-order chi connectivity index (χ0) is 29.5. The van der Waals surface area contributed by atoms with E-state index in [-0.39, 0.29) is 23.8 Å². The maximum Gasteiger partial charge on any atom is 0.408 e. The van der Waals surface area contributed by atoms with Gasteiger partial charge in [-0.3, -0.25) is 9.59 Å². The molecule has 0 spiro atoms. The first-order chi connectivity index (χ1) is 18.2. The number of amides is 3. The summed E-state index contributed by atoms with van der Waals surface area (Å²) in [6.45, 7) is 18.4. The number of alkyl carbamates (subject to hydrolysis) is 1. The van der Waals surface area contributed by atoms with Gasteiger partial charge in [0.15, 0.2) is 0 Å². The van der Waals surface area contributed by atoms with Gasteiger partial charge in [0, 0.05) is 17.8 Å². The van der Waals surface area contributed by atoms with Crippen molar-refractivity contribution in [2.75, 3.05) is 11.9 Å². The largest absolute Gasteiger partial charge is 0.507 e. The van der Waals surface area contributed by atoms with E-state index < -0.39 is 35.6 Å². The smallest absolute Gasteiger partial charge is 0.408 e. The predicted molar refractivity (Wildman–Crippen MR) is 155 cm³/mol. The Morgan fingerprint density at radius 3 is 2.13 bits per heavy atom. The maximum absolute atomic E-state index is 14.1. The Labute approximate surface area is 232 Å². The SMILES string of the molecule is C=CCN(C(=O)C(CC(C)C)NC(=O)OC(C)(C)C)C(C(=O)Nc1c(C)cccc1C)c1cccc(C)c1O. The first-order valence-electron chi connectivity index (χ1n) is 13.2. The van der Waals surface area contributed by atoms with Crippen molar-refractivity contribution in [1.82, 2.24) is 10.2 Å². The first kappa shape index (κ1) is 31.4. The molecule has 3 N–H and O–H groups in total. The third-order valence-electron chi connectivity index (χ3n) is 6.16. The van der Waals surface area contributed by atoms with Crippen LogP contribution in [-0.4, -0.2) is 46.1 Å². The molecule has 2 rings (SSSR count). The molecule has 0 bridgehead atoms. The van der Waals surface area contributed by atoms with Crippen molar-refractivity contribution in [2.45, 2.75) is 79.5 Å². The highest BCUT2D eigenvalue weighted by atomic mass is 16.6. The number of nitrogens with zero attached hydrogens (tertiary/aromatic N) is 1. The number of carbonyl (C=O) groups excluding carboxylic acids is 3. The van der Waals surface area contributed by atoms with Gasteiger partial charge in [0.05, 0.1) is 0 Å². The number of hydrogen-bond acceptors (Lipinski definition) is 5. The number of anilines is 1. The fourth-order valence-corrected chi connectivity index (χ4v) is 4.36. The summed E-state index contributed by atoms with van der Waals surface area (Å²) in [7, 11) is 0. The molecule has 8 nitrogen and oxygen atoms in total. The highest BCUT2D eigenvalue weighted by Gasteiger charge is 2.37. The summed E-state index contributed by atoms with van der Waals surface area (Å²) in [6.07, 6.45) is 1.11. The Bertz CT molecular complexity index is 1180.